The standard InChI is InChI=1S/C15H24N2O5S/c1-21-12-3-2-4-13(9-12)23(19,20)17-14-6-5-11(7-8-16)22-15(14)10-18/h2-4,9,11,14-15,17-18H,5-8,10,16H2,1H3/t11-,14-,15+/m0/s1. The van der Waals surface area contributed by atoms with Crippen molar-refractivity contribution in [3.63, 3.8) is 0 Å². The summed E-state index contributed by atoms with van der Waals surface area (Å²) in [5.41, 5.74) is 5.52. The van der Waals surface area contributed by atoms with Crippen molar-refractivity contribution in [1.82, 2.24) is 4.72 Å². The first-order valence-corrected chi connectivity index (χ1v) is 9.11. The molecule has 7 nitrogen and oxygen atoms in total. The van der Waals surface area contributed by atoms with Crippen molar-refractivity contribution in [2.75, 3.05) is 20.3 Å². The lowest BCUT2D eigenvalue weighted by Crippen LogP contribution is -2.51. The predicted molar refractivity (Wildman–Crippen MR) is 85.8 cm³/mol. The van der Waals surface area contributed by atoms with Gasteiger partial charge in [-0.05, 0) is 37.9 Å². The number of nitrogens with two attached hydrogens (primary N) is 1. The van der Waals surface area contributed by atoms with Crippen molar-refractivity contribution in [3.8, 4) is 5.75 Å². The molecule has 3 atom stereocenters. The number of hydrogen-bond donors (Lipinski definition) is 3. The number of nitrogens with one attached hydrogen (secondary N) is 1. The van der Waals surface area contributed by atoms with E-state index in [0.29, 0.717) is 31.6 Å². The highest BCUT2D eigenvalue weighted by atomic mass is 32.2. The van der Waals surface area contributed by atoms with E-state index in [1.807, 2.05) is 0 Å². The molecule has 1 aliphatic heterocycles. The first kappa shape index (κ1) is 18.2. The van der Waals surface area contributed by atoms with Crippen LogP contribution in [0.5, 0.6) is 5.75 Å². The average Bonchev–Trinajstić information content (AvgIpc) is 2.56. The predicted octanol–water partition coefficient (Wildman–Crippen LogP) is 0.231. The molecule has 0 spiro atoms. The largest absolute Gasteiger partial charge is 0.497 e. The molecular formula is C15H24N2O5S. The van der Waals surface area contributed by atoms with Crippen LogP contribution >= 0.6 is 0 Å². The highest BCUT2D eigenvalue weighted by molar-refractivity contribution is 7.89. The van der Waals surface area contributed by atoms with Gasteiger partial charge in [-0.25, -0.2) is 13.1 Å². The molecule has 0 radical (unpaired) electrons. The zero-order valence-electron chi connectivity index (χ0n) is 13.1. The van der Waals surface area contributed by atoms with E-state index in [-0.39, 0.29) is 17.6 Å². The summed E-state index contributed by atoms with van der Waals surface area (Å²) in [7, 11) is -2.23. The van der Waals surface area contributed by atoms with Crippen LogP contribution in [0.15, 0.2) is 29.2 Å². The Labute approximate surface area is 136 Å². The Kier molecular flexibility index (Phi) is 6.37. The Morgan fingerprint density at radius 2 is 2.22 bits per heavy atom. The lowest BCUT2D eigenvalue weighted by molar-refractivity contribution is -0.0867. The molecule has 130 valence electrons. The summed E-state index contributed by atoms with van der Waals surface area (Å²) in [6.07, 6.45) is 1.40. The Morgan fingerprint density at radius 1 is 1.43 bits per heavy atom. The maximum atomic E-state index is 12.5. The van der Waals surface area contributed by atoms with E-state index in [1.165, 1.54) is 19.2 Å². The number of ether oxygens (including phenoxy) is 2. The van der Waals surface area contributed by atoms with Crippen LogP contribution in [0.25, 0.3) is 0 Å². The van der Waals surface area contributed by atoms with E-state index in [4.69, 9.17) is 15.2 Å². The molecule has 0 amide bonds. The molecule has 0 aromatic heterocycles. The summed E-state index contributed by atoms with van der Waals surface area (Å²) >= 11 is 0. The Morgan fingerprint density at radius 3 is 2.87 bits per heavy atom. The lowest BCUT2D eigenvalue weighted by atomic mass is 9.98. The fraction of sp³-hybridized carbons (Fsp3) is 0.600. The van der Waals surface area contributed by atoms with Gasteiger partial charge >= 0.3 is 0 Å². The summed E-state index contributed by atoms with van der Waals surface area (Å²) in [6, 6.07) is 5.78. The zero-order chi connectivity index (χ0) is 16.9. The maximum Gasteiger partial charge on any atom is 0.241 e. The molecule has 0 aliphatic carbocycles. The van der Waals surface area contributed by atoms with Gasteiger partial charge in [-0.3, -0.25) is 0 Å². The van der Waals surface area contributed by atoms with Crippen LogP contribution in [0, 0.1) is 0 Å². The molecule has 0 saturated carbocycles. The third kappa shape index (κ3) is 4.65. The quantitative estimate of drug-likeness (QED) is 0.653. The molecule has 23 heavy (non-hydrogen) atoms. The van der Waals surface area contributed by atoms with Gasteiger partial charge in [-0.1, -0.05) is 6.07 Å². The fourth-order valence-electron chi connectivity index (χ4n) is 2.70. The van der Waals surface area contributed by atoms with Crippen LogP contribution in [-0.4, -0.2) is 52.0 Å². The van der Waals surface area contributed by atoms with Gasteiger partial charge in [0.05, 0.1) is 36.9 Å². The SMILES string of the molecule is COc1cccc(S(=O)(=O)N[C@H]2CC[C@@H](CCN)O[C@@H]2CO)c1. The third-order valence-electron chi connectivity index (χ3n) is 3.94. The molecular weight excluding hydrogens is 320 g/mol. The van der Waals surface area contributed by atoms with Gasteiger partial charge in [0.2, 0.25) is 10.0 Å². The second kappa shape index (κ2) is 8.07. The van der Waals surface area contributed by atoms with Crippen molar-refractivity contribution in [2.24, 2.45) is 5.73 Å². The Balaban J connectivity index is 2.10. The van der Waals surface area contributed by atoms with Gasteiger partial charge in [-0.2, -0.15) is 0 Å². The first-order valence-electron chi connectivity index (χ1n) is 7.63. The number of sulfonamides is 1. The van der Waals surface area contributed by atoms with Gasteiger partial charge in [0, 0.05) is 6.07 Å². The van der Waals surface area contributed by atoms with Gasteiger partial charge in [0.25, 0.3) is 0 Å². The second-order valence-electron chi connectivity index (χ2n) is 5.54. The zero-order valence-corrected chi connectivity index (χ0v) is 14.0. The van der Waals surface area contributed by atoms with Crippen molar-refractivity contribution in [3.05, 3.63) is 24.3 Å². The Bertz CT molecular complexity index is 608. The summed E-state index contributed by atoms with van der Waals surface area (Å²) < 4.78 is 38.4. The molecule has 8 heteroatoms. The van der Waals surface area contributed by atoms with E-state index in [1.54, 1.807) is 12.1 Å². The summed E-state index contributed by atoms with van der Waals surface area (Å²) in [4.78, 5) is 0.123. The normalized spacial score (nSPS) is 25.3. The van der Waals surface area contributed by atoms with Crippen LogP contribution in [0.4, 0.5) is 0 Å². The minimum atomic E-state index is -3.71. The van der Waals surface area contributed by atoms with Gasteiger partial charge < -0.3 is 20.3 Å². The highest BCUT2D eigenvalue weighted by Crippen LogP contribution is 2.24. The molecule has 1 aromatic rings. The highest BCUT2D eigenvalue weighted by Gasteiger charge is 2.33. The molecule has 0 unspecified atom stereocenters. The number of aliphatic hydroxyl groups is 1. The summed E-state index contributed by atoms with van der Waals surface area (Å²) in [5, 5.41) is 9.49. The summed E-state index contributed by atoms with van der Waals surface area (Å²) in [5.74, 6) is 0.467. The van der Waals surface area contributed by atoms with Crippen molar-refractivity contribution in [2.45, 2.75) is 42.4 Å². The van der Waals surface area contributed by atoms with Gasteiger partial charge in [-0.15, -0.1) is 0 Å². The smallest absolute Gasteiger partial charge is 0.241 e. The van der Waals surface area contributed by atoms with Crippen molar-refractivity contribution >= 4 is 10.0 Å². The average molecular weight is 344 g/mol. The van der Waals surface area contributed by atoms with Crippen molar-refractivity contribution in [1.29, 1.82) is 0 Å². The fourth-order valence-corrected chi connectivity index (χ4v) is 4.03. The van der Waals surface area contributed by atoms with Gasteiger partial charge in [0.1, 0.15) is 5.75 Å². The summed E-state index contributed by atoms with van der Waals surface area (Å²) in [6.45, 7) is 0.259. The number of benzene rings is 1. The van der Waals surface area contributed by atoms with E-state index in [9.17, 15) is 13.5 Å². The van der Waals surface area contributed by atoms with E-state index >= 15 is 0 Å². The van der Waals surface area contributed by atoms with Crippen LogP contribution < -0.4 is 15.2 Å². The minimum Gasteiger partial charge on any atom is -0.497 e. The molecule has 1 fully saturated rings. The minimum absolute atomic E-state index is 0.0327. The number of methoxy groups -OCH3 is 1. The third-order valence-corrected chi connectivity index (χ3v) is 5.43. The Hall–Kier alpha value is -1.19. The first-order chi connectivity index (χ1) is 11.0. The van der Waals surface area contributed by atoms with Crippen LogP contribution in [-0.2, 0) is 14.8 Å². The molecule has 0 bridgehead atoms. The van der Waals surface area contributed by atoms with E-state index < -0.39 is 22.2 Å². The van der Waals surface area contributed by atoms with Crippen LogP contribution in [0.1, 0.15) is 19.3 Å². The lowest BCUT2D eigenvalue weighted by Gasteiger charge is -2.35. The van der Waals surface area contributed by atoms with E-state index in [0.717, 1.165) is 0 Å². The molecule has 1 saturated heterocycles. The monoisotopic (exact) mass is 344 g/mol. The number of hydrogen-bond acceptors (Lipinski definition) is 6. The maximum absolute atomic E-state index is 12.5. The number of rotatable bonds is 7. The molecule has 4 N–H and O–H groups in total. The topological polar surface area (TPSA) is 111 Å². The molecule has 1 aliphatic rings. The molecule has 1 aromatic carbocycles. The van der Waals surface area contributed by atoms with Crippen LogP contribution in [0.2, 0.25) is 0 Å². The second-order valence-corrected chi connectivity index (χ2v) is 7.25. The van der Waals surface area contributed by atoms with Crippen LogP contribution in [0.3, 0.4) is 0 Å². The number of aliphatic hydroxyl groups excluding tert-OH is 1. The van der Waals surface area contributed by atoms with Crippen molar-refractivity contribution < 1.29 is 23.0 Å². The van der Waals surface area contributed by atoms with Gasteiger partial charge in [0.15, 0.2) is 0 Å². The molecule has 1 heterocycles. The molecule has 2 rings (SSSR count). The van der Waals surface area contributed by atoms with E-state index in [2.05, 4.69) is 4.72 Å².